The van der Waals surface area contributed by atoms with E-state index in [-0.39, 0.29) is 17.4 Å². The topological polar surface area (TPSA) is 95.9 Å². The van der Waals surface area contributed by atoms with Crippen LogP contribution in [-0.2, 0) is 21.4 Å². The second kappa shape index (κ2) is 7.29. The summed E-state index contributed by atoms with van der Waals surface area (Å²) in [6.07, 6.45) is 1.99. The molecule has 1 aliphatic rings. The SMILES string of the molecule is CCc1ccc(NS(=O)(=O)N2CCC(OC)CC2)c(C(=O)O)c1. The Bertz CT molecular complexity index is 666. The van der Waals surface area contributed by atoms with Crippen LogP contribution < -0.4 is 4.72 Å². The maximum Gasteiger partial charge on any atom is 0.337 e. The Labute approximate surface area is 136 Å². The van der Waals surface area contributed by atoms with Crippen molar-refractivity contribution in [1.29, 1.82) is 0 Å². The fraction of sp³-hybridized carbons (Fsp3) is 0.533. The van der Waals surface area contributed by atoms with E-state index in [1.807, 2.05) is 6.92 Å². The molecule has 23 heavy (non-hydrogen) atoms. The zero-order chi connectivity index (χ0) is 17.0. The Morgan fingerprint density at radius 2 is 2.04 bits per heavy atom. The maximum atomic E-state index is 12.5. The van der Waals surface area contributed by atoms with Gasteiger partial charge in [0.25, 0.3) is 0 Å². The lowest BCUT2D eigenvalue weighted by Gasteiger charge is -2.30. The minimum atomic E-state index is -3.78. The van der Waals surface area contributed by atoms with Crippen LogP contribution in [0.5, 0.6) is 0 Å². The summed E-state index contributed by atoms with van der Waals surface area (Å²) >= 11 is 0. The number of aromatic carboxylic acids is 1. The lowest BCUT2D eigenvalue weighted by Crippen LogP contribution is -2.43. The minimum Gasteiger partial charge on any atom is -0.478 e. The summed E-state index contributed by atoms with van der Waals surface area (Å²) in [5.74, 6) is -1.16. The fourth-order valence-corrected chi connectivity index (χ4v) is 3.87. The van der Waals surface area contributed by atoms with Crippen LogP contribution in [0.1, 0.15) is 35.7 Å². The first-order valence-electron chi connectivity index (χ1n) is 7.54. The van der Waals surface area contributed by atoms with Crippen LogP contribution in [0.3, 0.4) is 0 Å². The Morgan fingerprint density at radius 3 is 2.57 bits per heavy atom. The number of carboxylic acids is 1. The second-order valence-electron chi connectivity index (χ2n) is 5.48. The molecule has 7 nitrogen and oxygen atoms in total. The summed E-state index contributed by atoms with van der Waals surface area (Å²) < 4.78 is 33.9. The summed E-state index contributed by atoms with van der Waals surface area (Å²) in [5, 5.41) is 9.29. The largest absolute Gasteiger partial charge is 0.478 e. The van der Waals surface area contributed by atoms with Crippen molar-refractivity contribution in [3.05, 3.63) is 29.3 Å². The zero-order valence-electron chi connectivity index (χ0n) is 13.3. The van der Waals surface area contributed by atoms with Crippen LogP contribution >= 0.6 is 0 Å². The van der Waals surface area contributed by atoms with Crippen molar-refractivity contribution in [3.8, 4) is 0 Å². The number of nitrogens with zero attached hydrogens (tertiary/aromatic N) is 1. The van der Waals surface area contributed by atoms with Gasteiger partial charge in [0.1, 0.15) is 0 Å². The van der Waals surface area contributed by atoms with Gasteiger partial charge in [-0.05, 0) is 37.0 Å². The van der Waals surface area contributed by atoms with Crippen molar-refractivity contribution in [3.63, 3.8) is 0 Å². The van der Waals surface area contributed by atoms with Crippen molar-refractivity contribution in [2.45, 2.75) is 32.3 Å². The number of piperidine rings is 1. The molecule has 1 fully saturated rings. The number of benzene rings is 1. The highest BCUT2D eigenvalue weighted by molar-refractivity contribution is 7.90. The van der Waals surface area contributed by atoms with Gasteiger partial charge in [-0.1, -0.05) is 13.0 Å². The number of rotatable bonds is 6. The average molecular weight is 342 g/mol. The maximum absolute atomic E-state index is 12.5. The number of ether oxygens (including phenoxy) is 1. The van der Waals surface area contributed by atoms with Crippen LogP contribution in [0.4, 0.5) is 5.69 Å². The van der Waals surface area contributed by atoms with Crippen molar-refractivity contribution in [2.24, 2.45) is 0 Å². The highest BCUT2D eigenvalue weighted by Gasteiger charge is 2.28. The number of carbonyl (C=O) groups is 1. The molecule has 0 spiro atoms. The lowest BCUT2D eigenvalue weighted by atomic mass is 10.1. The van der Waals surface area contributed by atoms with E-state index in [2.05, 4.69) is 4.72 Å². The van der Waals surface area contributed by atoms with Crippen LogP contribution in [0.25, 0.3) is 0 Å². The highest BCUT2D eigenvalue weighted by atomic mass is 32.2. The van der Waals surface area contributed by atoms with Gasteiger partial charge in [-0.25, -0.2) is 4.79 Å². The average Bonchev–Trinajstić information content (AvgIpc) is 2.54. The Kier molecular flexibility index (Phi) is 5.61. The van der Waals surface area contributed by atoms with Gasteiger partial charge in [0.05, 0.1) is 17.4 Å². The van der Waals surface area contributed by atoms with Crippen molar-refractivity contribution >= 4 is 21.9 Å². The standard InChI is InChI=1S/C15H22N2O5S/c1-3-11-4-5-14(13(10-11)15(18)19)16-23(20,21)17-8-6-12(22-2)7-9-17/h4-5,10,12,16H,3,6-9H2,1-2H3,(H,18,19). The molecule has 0 atom stereocenters. The minimum absolute atomic E-state index is 0.0419. The number of aryl methyl sites for hydroxylation is 1. The van der Waals surface area contributed by atoms with E-state index in [4.69, 9.17) is 4.74 Å². The van der Waals surface area contributed by atoms with Gasteiger partial charge in [-0.2, -0.15) is 12.7 Å². The number of hydrogen-bond donors (Lipinski definition) is 2. The molecule has 1 saturated heterocycles. The molecule has 128 valence electrons. The van der Waals surface area contributed by atoms with E-state index in [1.54, 1.807) is 13.2 Å². The van der Waals surface area contributed by atoms with Crippen LogP contribution in [0, 0.1) is 0 Å². The van der Waals surface area contributed by atoms with Crippen LogP contribution in [0.15, 0.2) is 18.2 Å². The summed E-state index contributed by atoms with van der Waals surface area (Å²) in [7, 11) is -2.17. The summed E-state index contributed by atoms with van der Waals surface area (Å²) in [4.78, 5) is 11.4. The third-order valence-electron chi connectivity index (χ3n) is 4.04. The normalized spacial score (nSPS) is 17.1. The van der Waals surface area contributed by atoms with Crippen LogP contribution in [0.2, 0.25) is 0 Å². The third kappa shape index (κ3) is 4.21. The van der Waals surface area contributed by atoms with E-state index in [0.29, 0.717) is 32.4 Å². The molecule has 0 aliphatic carbocycles. The predicted octanol–water partition coefficient (Wildman–Crippen LogP) is 1.71. The molecule has 2 rings (SSSR count). The van der Waals surface area contributed by atoms with Gasteiger partial charge in [0.2, 0.25) is 0 Å². The van der Waals surface area contributed by atoms with Crippen molar-refractivity contribution < 1.29 is 23.1 Å². The molecule has 2 N–H and O–H groups in total. The highest BCUT2D eigenvalue weighted by Crippen LogP contribution is 2.22. The van der Waals surface area contributed by atoms with Gasteiger partial charge in [0.15, 0.2) is 0 Å². The van der Waals surface area contributed by atoms with E-state index in [9.17, 15) is 18.3 Å². The van der Waals surface area contributed by atoms with Gasteiger partial charge in [-0.15, -0.1) is 0 Å². The first-order chi connectivity index (χ1) is 10.9. The summed E-state index contributed by atoms with van der Waals surface area (Å²) in [6, 6.07) is 4.72. The van der Waals surface area contributed by atoms with Gasteiger partial charge in [-0.3, -0.25) is 4.72 Å². The third-order valence-corrected chi connectivity index (χ3v) is 5.56. The Morgan fingerprint density at radius 1 is 1.39 bits per heavy atom. The molecule has 8 heteroatoms. The van der Waals surface area contributed by atoms with Gasteiger partial charge in [0, 0.05) is 20.2 Å². The number of anilines is 1. The van der Waals surface area contributed by atoms with Crippen LogP contribution in [-0.4, -0.2) is 50.1 Å². The molecule has 0 bridgehead atoms. The smallest absolute Gasteiger partial charge is 0.337 e. The van der Waals surface area contributed by atoms with E-state index < -0.39 is 16.2 Å². The molecular formula is C15H22N2O5S. The van der Waals surface area contributed by atoms with Crippen molar-refractivity contribution in [1.82, 2.24) is 4.31 Å². The molecule has 0 unspecified atom stereocenters. The molecule has 0 aromatic heterocycles. The Hall–Kier alpha value is -1.64. The fourth-order valence-electron chi connectivity index (χ4n) is 2.59. The first kappa shape index (κ1) is 17.7. The summed E-state index contributed by atoms with van der Waals surface area (Å²) in [5.41, 5.74) is 0.884. The number of methoxy groups -OCH3 is 1. The molecule has 0 saturated carbocycles. The first-order valence-corrected chi connectivity index (χ1v) is 8.98. The molecule has 1 aromatic carbocycles. The predicted molar refractivity (Wildman–Crippen MR) is 86.9 cm³/mol. The van der Waals surface area contributed by atoms with Gasteiger partial charge >= 0.3 is 16.2 Å². The van der Waals surface area contributed by atoms with E-state index in [1.165, 1.54) is 16.4 Å². The van der Waals surface area contributed by atoms with E-state index in [0.717, 1.165) is 5.56 Å². The van der Waals surface area contributed by atoms with Crippen molar-refractivity contribution in [2.75, 3.05) is 24.9 Å². The van der Waals surface area contributed by atoms with Gasteiger partial charge < -0.3 is 9.84 Å². The molecule has 1 aliphatic heterocycles. The number of hydrogen-bond acceptors (Lipinski definition) is 4. The quantitative estimate of drug-likeness (QED) is 0.820. The molecule has 1 aromatic rings. The summed E-state index contributed by atoms with van der Waals surface area (Å²) in [6.45, 7) is 2.61. The molecular weight excluding hydrogens is 320 g/mol. The molecule has 1 heterocycles. The molecule has 0 radical (unpaired) electrons. The molecule has 0 amide bonds. The Balaban J connectivity index is 2.19. The monoisotopic (exact) mass is 342 g/mol. The number of nitrogens with one attached hydrogen (secondary N) is 1. The second-order valence-corrected chi connectivity index (χ2v) is 7.15. The van der Waals surface area contributed by atoms with E-state index >= 15 is 0 Å². The lowest BCUT2D eigenvalue weighted by molar-refractivity contribution is 0.0606. The zero-order valence-corrected chi connectivity index (χ0v) is 14.1. The number of carboxylic acid groups (broad SMARTS) is 1.